The molecule has 0 rings (SSSR count). The van der Waals surface area contributed by atoms with Crippen molar-refractivity contribution in [3.8, 4) is 0 Å². The molecule has 0 aliphatic rings. The van der Waals surface area contributed by atoms with E-state index in [0.717, 1.165) is 12.8 Å². The third-order valence-corrected chi connectivity index (χ3v) is 2.78. The van der Waals surface area contributed by atoms with Crippen LogP contribution in [-0.4, -0.2) is 42.0 Å². The van der Waals surface area contributed by atoms with Gasteiger partial charge in [0.2, 0.25) is 0 Å². The van der Waals surface area contributed by atoms with Crippen molar-refractivity contribution in [3.05, 3.63) is 0 Å². The maximum atomic E-state index is 11.5. The molecule has 0 saturated carbocycles. The lowest BCUT2D eigenvalue weighted by molar-refractivity contribution is -0.141. The summed E-state index contributed by atoms with van der Waals surface area (Å²) >= 11 is 0. The van der Waals surface area contributed by atoms with E-state index >= 15 is 0 Å². The first-order chi connectivity index (χ1) is 9.19. The van der Waals surface area contributed by atoms with Crippen LogP contribution in [0, 0.1) is 5.92 Å². The molecule has 0 aromatic rings. The summed E-state index contributed by atoms with van der Waals surface area (Å²) in [6.07, 6.45) is 1.21. The van der Waals surface area contributed by atoms with Gasteiger partial charge in [0.05, 0.1) is 6.61 Å². The minimum atomic E-state index is -1.14. The highest BCUT2D eigenvalue weighted by atomic mass is 16.6. The summed E-state index contributed by atoms with van der Waals surface area (Å²) in [6, 6.07) is -1.10. The normalized spacial score (nSPS) is 13.1. The number of aliphatic carboxylic acids is 1. The number of carbonyl (C=O) groups is 2. The average Bonchev–Trinajstić information content (AvgIpc) is 2.30. The Morgan fingerprint density at radius 3 is 2.10 bits per heavy atom. The van der Waals surface area contributed by atoms with E-state index in [0.29, 0.717) is 12.5 Å². The molecule has 0 heterocycles. The second kappa shape index (κ2) is 8.79. The van der Waals surface area contributed by atoms with Crippen molar-refractivity contribution >= 4 is 12.1 Å². The fourth-order valence-corrected chi connectivity index (χ4v) is 1.50. The predicted octanol–water partition coefficient (Wildman–Crippen LogP) is 2.42. The van der Waals surface area contributed by atoms with Gasteiger partial charge in [-0.1, -0.05) is 26.7 Å². The van der Waals surface area contributed by atoms with Gasteiger partial charge in [0.1, 0.15) is 5.60 Å². The first-order valence-corrected chi connectivity index (χ1v) is 6.99. The first-order valence-electron chi connectivity index (χ1n) is 6.99. The number of ether oxygens (including phenoxy) is 2. The third kappa shape index (κ3) is 8.74. The summed E-state index contributed by atoms with van der Waals surface area (Å²) in [5.41, 5.74) is -0.663. The number of rotatable bonds is 8. The maximum Gasteiger partial charge on any atom is 0.408 e. The van der Waals surface area contributed by atoms with Gasteiger partial charge >= 0.3 is 12.1 Å². The molecule has 0 aliphatic carbocycles. The molecule has 0 radical (unpaired) electrons. The highest BCUT2D eigenvalue weighted by Gasteiger charge is 2.24. The molecule has 1 unspecified atom stereocenters. The standard InChI is InChI=1S/C14H27NO5/c1-6-10(7-2)8-19-9-11(12(16)17)15-13(18)20-14(3,4)5/h10-11H,6-9H2,1-5H3,(H,15,18)(H,16,17). The molecule has 118 valence electrons. The fraction of sp³-hybridized carbons (Fsp3) is 0.857. The Balaban J connectivity index is 4.24. The number of carbonyl (C=O) groups excluding carboxylic acids is 1. The lowest BCUT2D eigenvalue weighted by Gasteiger charge is -2.22. The van der Waals surface area contributed by atoms with Crippen molar-refractivity contribution in [1.82, 2.24) is 5.32 Å². The minimum absolute atomic E-state index is 0.0644. The van der Waals surface area contributed by atoms with Gasteiger partial charge in [0.15, 0.2) is 6.04 Å². The Hall–Kier alpha value is -1.30. The Bertz CT molecular complexity index is 307. The van der Waals surface area contributed by atoms with Crippen molar-refractivity contribution in [2.24, 2.45) is 5.92 Å². The summed E-state index contributed by atoms with van der Waals surface area (Å²) in [5, 5.41) is 11.3. The molecule has 0 aromatic carbocycles. The van der Waals surface area contributed by atoms with Gasteiger partial charge in [0.25, 0.3) is 0 Å². The van der Waals surface area contributed by atoms with Crippen LogP contribution in [0.1, 0.15) is 47.5 Å². The third-order valence-electron chi connectivity index (χ3n) is 2.78. The van der Waals surface area contributed by atoms with Crippen LogP contribution in [-0.2, 0) is 14.3 Å². The fourth-order valence-electron chi connectivity index (χ4n) is 1.50. The lowest BCUT2D eigenvalue weighted by atomic mass is 10.1. The van der Waals surface area contributed by atoms with Crippen LogP contribution in [0.4, 0.5) is 4.79 Å². The molecular weight excluding hydrogens is 262 g/mol. The molecule has 0 saturated heterocycles. The van der Waals surface area contributed by atoms with Crippen molar-refractivity contribution in [3.63, 3.8) is 0 Å². The Morgan fingerprint density at radius 1 is 1.15 bits per heavy atom. The summed E-state index contributed by atoms with van der Waals surface area (Å²) < 4.78 is 10.4. The number of hydrogen-bond acceptors (Lipinski definition) is 4. The molecule has 2 N–H and O–H groups in total. The number of carboxylic acids is 1. The van der Waals surface area contributed by atoms with E-state index in [-0.39, 0.29) is 6.61 Å². The molecule has 20 heavy (non-hydrogen) atoms. The molecule has 0 fully saturated rings. The van der Waals surface area contributed by atoms with Crippen molar-refractivity contribution in [1.29, 1.82) is 0 Å². The number of carboxylic acid groups (broad SMARTS) is 1. The summed E-state index contributed by atoms with van der Waals surface area (Å²) in [7, 11) is 0. The van der Waals surface area contributed by atoms with E-state index in [1.807, 2.05) is 0 Å². The van der Waals surface area contributed by atoms with Crippen LogP contribution in [0.25, 0.3) is 0 Å². The summed E-state index contributed by atoms with van der Waals surface area (Å²) in [5.74, 6) is -0.730. The second-order valence-electron chi connectivity index (χ2n) is 5.76. The van der Waals surface area contributed by atoms with Crippen molar-refractivity contribution in [2.45, 2.75) is 59.1 Å². The highest BCUT2D eigenvalue weighted by molar-refractivity contribution is 5.80. The van der Waals surface area contributed by atoms with Gasteiger partial charge in [-0.15, -0.1) is 0 Å². The molecule has 6 nitrogen and oxygen atoms in total. The van der Waals surface area contributed by atoms with E-state index in [9.17, 15) is 9.59 Å². The molecule has 0 aromatic heterocycles. The van der Waals surface area contributed by atoms with E-state index in [4.69, 9.17) is 14.6 Å². The van der Waals surface area contributed by atoms with E-state index in [1.54, 1.807) is 20.8 Å². The predicted molar refractivity (Wildman–Crippen MR) is 75.7 cm³/mol. The molecule has 1 amide bonds. The molecule has 6 heteroatoms. The van der Waals surface area contributed by atoms with Crippen LogP contribution < -0.4 is 5.32 Å². The van der Waals surface area contributed by atoms with Gasteiger partial charge in [-0.3, -0.25) is 0 Å². The van der Waals surface area contributed by atoms with Gasteiger partial charge in [-0.05, 0) is 26.7 Å². The Labute approximate surface area is 120 Å². The maximum absolute atomic E-state index is 11.5. The van der Waals surface area contributed by atoms with Gasteiger partial charge < -0.3 is 19.9 Å². The van der Waals surface area contributed by atoms with Gasteiger partial charge in [0, 0.05) is 6.61 Å². The number of nitrogens with one attached hydrogen (secondary N) is 1. The second-order valence-corrected chi connectivity index (χ2v) is 5.76. The average molecular weight is 289 g/mol. The highest BCUT2D eigenvalue weighted by Crippen LogP contribution is 2.09. The van der Waals surface area contributed by atoms with Gasteiger partial charge in [-0.25, -0.2) is 9.59 Å². The molecule has 1 atom stereocenters. The zero-order chi connectivity index (χ0) is 15.8. The van der Waals surface area contributed by atoms with E-state index in [1.165, 1.54) is 0 Å². The SMILES string of the molecule is CCC(CC)COCC(NC(=O)OC(C)(C)C)C(=O)O. The van der Waals surface area contributed by atoms with Crippen LogP contribution in [0.5, 0.6) is 0 Å². The lowest BCUT2D eigenvalue weighted by Crippen LogP contribution is -2.46. The molecule has 0 bridgehead atoms. The summed E-state index contributed by atoms with van der Waals surface area (Å²) in [6.45, 7) is 9.69. The zero-order valence-corrected chi connectivity index (χ0v) is 13.1. The Kier molecular flexibility index (Phi) is 8.22. The number of hydrogen-bond donors (Lipinski definition) is 2. The van der Waals surface area contributed by atoms with Crippen molar-refractivity contribution in [2.75, 3.05) is 13.2 Å². The Morgan fingerprint density at radius 2 is 1.70 bits per heavy atom. The van der Waals surface area contributed by atoms with Crippen LogP contribution >= 0.6 is 0 Å². The molecular formula is C14H27NO5. The summed E-state index contributed by atoms with van der Waals surface area (Å²) in [4.78, 5) is 22.6. The minimum Gasteiger partial charge on any atom is -0.480 e. The smallest absolute Gasteiger partial charge is 0.408 e. The van der Waals surface area contributed by atoms with Crippen molar-refractivity contribution < 1.29 is 24.2 Å². The van der Waals surface area contributed by atoms with Crippen LogP contribution in [0.15, 0.2) is 0 Å². The number of amides is 1. The molecule has 0 spiro atoms. The van der Waals surface area contributed by atoms with Crippen LogP contribution in [0.3, 0.4) is 0 Å². The quantitative estimate of drug-likeness (QED) is 0.716. The molecule has 0 aliphatic heterocycles. The first kappa shape index (κ1) is 18.7. The topological polar surface area (TPSA) is 84.9 Å². The zero-order valence-electron chi connectivity index (χ0n) is 13.1. The largest absolute Gasteiger partial charge is 0.480 e. The van der Waals surface area contributed by atoms with E-state index in [2.05, 4.69) is 19.2 Å². The monoisotopic (exact) mass is 289 g/mol. The number of alkyl carbamates (subject to hydrolysis) is 1. The van der Waals surface area contributed by atoms with E-state index < -0.39 is 23.7 Å². The van der Waals surface area contributed by atoms with Crippen LogP contribution in [0.2, 0.25) is 0 Å². The van der Waals surface area contributed by atoms with Gasteiger partial charge in [-0.2, -0.15) is 0 Å².